The Balaban J connectivity index is 1.53. The van der Waals surface area contributed by atoms with E-state index in [0.29, 0.717) is 16.3 Å². The number of nitrogens with zero attached hydrogens (tertiary/aromatic N) is 2. The minimum atomic E-state index is -3.70. The Morgan fingerprint density at radius 1 is 1.13 bits per heavy atom. The topological polar surface area (TPSA) is 78.8 Å². The first kappa shape index (κ1) is 21.3. The van der Waals surface area contributed by atoms with E-state index in [0.717, 1.165) is 34.4 Å². The third-order valence-electron chi connectivity index (χ3n) is 5.50. The normalized spacial score (nSPS) is 13.1. The highest BCUT2D eigenvalue weighted by Gasteiger charge is 2.23. The van der Waals surface area contributed by atoms with Crippen LogP contribution >= 0.6 is 11.6 Å². The van der Waals surface area contributed by atoms with Crippen molar-refractivity contribution in [1.82, 2.24) is 5.43 Å². The number of nitrogens with one attached hydrogen (secondary N) is 1. The maximum atomic E-state index is 12.5. The summed E-state index contributed by atoms with van der Waals surface area (Å²) in [5.74, 6) is -0.549. The molecule has 31 heavy (non-hydrogen) atoms. The second-order valence-corrected chi connectivity index (χ2v) is 9.91. The van der Waals surface area contributed by atoms with Crippen molar-refractivity contribution in [1.29, 1.82) is 0 Å². The molecule has 6 nitrogen and oxygen atoms in total. The van der Waals surface area contributed by atoms with Gasteiger partial charge in [0.1, 0.15) is 6.54 Å². The van der Waals surface area contributed by atoms with Crippen molar-refractivity contribution in [3.05, 3.63) is 75.8 Å². The Morgan fingerprint density at radius 3 is 2.58 bits per heavy atom. The minimum absolute atomic E-state index is 0.363. The molecular formula is C23H22ClN3O3S. The van der Waals surface area contributed by atoms with Gasteiger partial charge in [-0.3, -0.25) is 9.10 Å². The first-order valence-corrected chi connectivity index (χ1v) is 12.1. The highest BCUT2D eigenvalue weighted by atomic mass is 35.5. The van der Waals surface area contributed by atoms with Crippen molar-refractivity contribution in [3.63, 3.8) is 0 Å². The van der Waals surface area contributed by atoms with Crippen LogP contribution < -0.4 is 9.73 Å². The van der Waals surface area contributed by atoms with E-state index < -0.39 is 22.5 Å². The molecule has 0 atom stereocenters. The molecule has 3 aromatic rings. The second-order valence-electron chi connectivity index (χ2n) is 7.60. The number of hydrazone groups is 1. The van der Waals surface area contributed by atoms with E-state index in [2.05, 4.69) is 22.7 Å². The summed E-state index contributed by atoms with van der Waals surface area (Å²) in [7, 11) is -3.70. The zero-order valence-corrected chi connectivity index (χ0v) is 18.8. The number of amides is 1. The smallest absolute Gasteiger partial charge is 0.260 e. The van der Waals surface area contributed by atoms with E-state index in [-0.39, 0.29) is 0 Å². The average molecular weight is 456 g/mol. The molecule has 0 heterocycles. The number of carbonyl (C=O) groups excluding carboxylic acids is 1. The Morgan fingerprint density at radius 2 is 1.84 bits per heavy atom. The predicted molar refractivity (Wildman–Crippen MR) is 125 cm³/mol. The summed E-state index contributed by atoms with van der Waals surface area (Å²) in [6.07, 6.45) is 4.72. The molecule has 0 saturated carbocycles. The largest absolute Gasteiger partial charge is 0.271 e. The van der Waals surface area contributed by atoms with Crippen LogP contribution in [0.25, 0.3) is 10.8 Å². The fourth-order valence-corrected chi connectivity index (χ4v) is 5.05. The SMILES string of the molecule is Cc1c(Cl)cccc1N(CC(=O)NN=Cc1ccc2c3c(cccc13)CC2)S(C)(=O)=O. The van der Waals surface area contributed by atoms with Crippen LogP contribution in [-0.4, -0.2) is 33.3 Å². The average Bonchev–Trinajstić information content (AvgIpc) is 3.14. The summed E-state index contributed by atoms with van der Waals surface area (Å²) in [4.78, 5) is 12.5. The van der Waals surface area contributed by atoms with E-state index >= 15 is 0 Å². The van der Waals surface area contributed by atoms with Gasteiger partial charge >= 0.3 is 0 Å². The Hall–Kier alpha value is -2.90. The summed E-state index contributed by atoms with van der Waals surface area (Å²) >= 11 is 6.12. The van der Waals surface area contributed by atoms with Crippen LogP contribution in [0.4, 0.5) is 5.69 Å². The number of hydrogen-bond donors (Lipinski definition) is 1. The summed E-state index contributed by atoms with van der Waals surface area (Å²) in [5.41, 5.74) is 6.93. The van der Waals surface area contributed by atoms with Crippen LogP contribution in [0.2, 0.25) is 5.02 Å². The molecule has 0 spiro atoms. The standard InChI is InChI=1S/C23H22ClN3O3S/c1-15-20(24)7-4-8-21(15)27(31(2,29)30)14-22(28)26-25-13-18-12-11-17-10-9-16-5-3-6-19(18)23(16)17/h3-8,11-13H,9-10,14H2,1-2H3,(H,26,28). The monoisotopic (exact) mass is 455 g/mol. The number of halogens is 1. The third kappa shape index (κ3) is 4.29. The number of hydrogen-bond acceptors (Lipinski definition) is 4. The highest BCUT2D eigenvalue weighted by molar-refractivity contribution is 7.92. The van der Waals surface area contributed by atoms with Gasteiger partial charge in [0.05, 0.1) is 18.2 Å². The molecule has 160 valence electrons. The van der Waals surface area contributed by atoms with Gasteiger partial charge < -0.3 is 0 Å². The lowest BCUT2D eigenvalue weighted by atomic mass is 10.0. The first-order valence-electron chi connectivity index (χ1n) is 9.84. The number of carbonyl (C=O) groups is 1. The fourth-order valence-electron chi connectivity index (χ4n) is 3.97. The van der Waals surface area contributed by atoms with E-state index in [1.165, 1.54) is 16.5 Å². The molecule has 1 aliphatic carbocycles. The van der Waals surface area contributed by atoms with Crippen molar-refractivity contribution in [3.8, 4) is 0 Å². The molecule has 0 aliphatic heterocycles. The molecule has 0 fully saturated rings. The van der Waals surface area contributed by atoms with E-state index in [1.54, 1.807) is 31.3 Å². The van der Waals surface area contributed by atoms with Gasteiger partial charge in [-0.15, -0.1) is 0 Å². The van der Waals surface area contributed by atoms with Gasteiger partial charge in [0.2, 0.25) is 10.0 Å². The van der Waals surface area contributed by atoms with Crippen molar-refractivity contribution in [2.45, 2.75) is 19.8 Å². The van der Waals surface area contributed by atoms with Crippen molar-refractivity contribution in [2.75, 3.05) is 17.1 Å². The molecule has 0 bridgehead atoms. The van der Waals surface area contributed by atoms with Crippen LogP contribution in [0, 0.1) is 6.92 Å². The minimum Gasteiger partial charge on any atom is -0.271 e. The fraction of sp³-hybridized carbons (Fsp3) is 0.217. The predicted octanol–water partition coefficient (Wildman–Crippen LogP) is 3.82. The van der Waals surface area contributed by atoms with Crippen LogP contribution in [-0.2, 0) is 27.7 Å². The zero-order valence-electron chi connectivity index (χ0n) is 17.2. The van der Waals surface area contributed by atoms with E-state index in [9.17, 15) is 13.2 Å². The maximum Gasteiger partial charge on any atom is 0.260 e. The lowest BCUT2D eigenvalue weighted by molar-refractivity contribution is -0.119. The number of aryl methyl sites for hydroxylation is 2. The van der Waals surface area contributed by atoms with Gasteiger partial charge in [-0.2, -0.15) is 5.10 Å². The molecule has 1 amide bonds. The number of benzene rings is 3. The molecule has 1 N–H and O–H groups in total. The van der Waals surface area contributed by atoms with Gasteiger partial charge in [-0.1, -0.05) is 48.0 Å². The summed E-state index contributed by atoms with van der Waals surface area (Å²) in [6.45, 7) is 1.31. The quantitative estimate of drug-likeness (QED) is 0.453. The number of anilines is 1. The Labute approximate surface area is 186 Å². The molecule has 4 rings (SSSR count). The number of rotatable bonds is 6. The molecule has 8 heteroatoms. The van der Waals surface area contributed by atoms with Gasteiger partial charge in [0.15, 0.2) is 0 Å². The Bertz CT molecular complexity index is 1310. The van der Waals surface area contributed by atoms with Gasteiger partial charge in [-0.05, 0) is 59.4 Å². The van der Waals surface area contributed by atoms with Gasteiger partial charge in [0, 0.05) is 10.6 Å². The maximum absolute atomic E-state index is 12.5. The van der Waals surface area contributed by atoms with Crippen molar-refractivity contribution < 1.29 is 13.2 Å². The molecular weight excluding hydrogens is 434 g/mol. The van der Waals surface area contributed by atoms with E-state index in [1.807, 2.05) is 18.2 Å². The molecule has 0 unspecified atom stereocenters. The summed E-state index contributed by atoms with van der Waals surface area (Å²) in [5, 5.41) is 6.85. The van der Waals surface area contributed by atoms with Crippen LogP contribution in [0.5, 0.6) is 0 Å². The van der Waals surface area contributed by atoms with Crippen molar-refractivity contribution in [2.24, 2.45) is 5.10 Å². The Kier molecular flexibility index (Phi) is 5.73. The van der Waals surface area contributed by atoms with Crippen LogP contribution in [0.15, 0.2) is 53.6 Å². The van der Waals surface area contributed by atoms with Gasteiger partial charge in [-0.25, -0.2) is 13.8 Å². The highest BCUT2D eigenvalue weighted by Crippen LogP contribution is 2.32. The first-order chi connectivity index (χ1) is 14.8. The second kappa shape index (κ2) is 8.32. The van der Waals surface area contributed by atoms with Gasteiger partial charge in [0.25, 0.3) is 5.91 Å². The van der Waals surface area contributed by atoms with Crippen LogP contribution in [0.1, 0.15) is 22.3 Å². The summed E-state index contributed by atoms with van der Waals surface area (Å²) in [6, 6.07) is 15.2. The number of sulfonamides is 1. The molecule has 0 saturated heterocycles. The van der Waals surface area contributed by atoms with Crippen LogP contribution in [0.3, 0.4) is 0 Å². The van der Waals surface area contributed by atoms with E-state index in [4.69, 9.17) is 11.6 Å². The lowest BCUT2D eigenvalue weighted by Crippen LogP contribution is -2.39. The third-order valence-corrected chi connectivity index (χ3v) is 7.03. The zero-order chi connectivity index (χ0) is 22.2. The lowest BCUT2D eigenvalue weighted by Gasteiger charge is -2.23. The molecule has 1 aliphatic rings. The molecule has 3 aromatic carbocycles. The molecule has 0 radical (unpaired) electrons. The molecule has 0 aromatic heterocycles. The summed E-state index contributed by atoms with van der Waals surface area (Å²) < 4.78 is 25.6. The van der Waals surface area contributed by atoms with Crippen molar-refractivity contribution >= 4 is 50.2 Å².